The third-order valence-corrected chi connectivity index (χ3v) is 2.90. The molecule has 0 radical (unpaired) electrons. The van der Waals surface area contributed by atoms with E-state index in [0.29, 0.717) is 12.0 Å². The van der Waals surface area contributed by atoms with Crippen LogP contribution in [0.2, 0.25) is 0 Å². The Balaban J connectivity index is 2.76. The average Bonchev–Trinajstić information content (AvgIpc) is 2.29. The van der Waals surface area contributed by atoms with Gasteiger partial charge in [-0.3, -0.25) is 9.98 Å². The van der Waals surface area contributed by atoms with Crippen molar-refractivity contribution < 1.29 is 0 Å². The van der Waals surface area contributed by atoms with E-state index in [1.54, 1.807) is 0 Å². The zero-order valence-electron chi connectivity index (χ0n) is 10.1. The third kappa shape index (κ3) is 3.46. The quantitative estimate of drug-likeness (QED) is 0.691. The summed E-state index contributed by atoms with van der Waals surface area (Å²) < 4.78 is 0. The lowest BCUT2D eigenvalue weighted by Crippen LogP contribution is -2.13. The van der Waals surface area contributed by atoms with Crippen LogP contribution in [0.25, 0.3) is 0 Å². The van der Waals surface area contributed by atoms with Crippen LogP contribution in [-0.4, -0.2) is 16.7 Å². The minimum Gasteiger partial charge on any atom is -0.285 e. The Morgan fingerprint density at radius 1 is 1.40 bits per heavy atom. The molecule has 2 atom stereocenters. The van der Waals surface area contributed by atoms with Crippen molar-refractivity contribution in [3.8, 4) is 0 Å². The van der Waals surface area contributed by atoms with E-state index in [-0.39, 0.29) is 0 Å². The summed E-state index contributed by atoms with van der Waals surface area (Å²) in [5.41, 5.74) is 2.01. The zero-order valence-corrected chi connectivity index (χ0v) is 10.1. The zero-order chi connectivity index (χ0) is 11.3. The second kappa shape index (κ2) is 5.64. The molecular formula is C13H20N2. The van der Waals surface area contributed by atoms with Crippen LogP contribution in [0.1, 0.15) is 39.8 Å². The largest absolute Gasteiger partial charge is 0.285 e. The van der Waals surface area contributed by atoms with Gasteiger partial charge >= 0.3 is 0 Å². The van der Waals surface area contributed by atoms with Crippen LogP contribution in [0.4, 0.5) is 0 Å². The van der Waals surface area contributed by atoms with Gasteiger partial charge in [-0.2, -0.15) is 0 Å². The Hall–Kier alpha value is -1.18. The van der Waals surface area contributed by atoms with Crippen LogP contribution < -0.4 is 0 Å². The lowest BCUT2D eigenvalue weighted by atomic mass is 10.0. The number of nitrogens with zero attached hydrogens (tertiary/aromatic N) is 2. The highest BCUT2D eigenvalue weighted by atomic mass is 14.8. The van der Waals surface area contributed by atoms with Gasteiger partial charge < -0.3 is 0 Å². The Morgan fingerprint density at radius 2 is 2.13 bits per heavy atom. The predicted octanol–water partition coefficient (Wildman–Crippen LogP) is 3.33. The molecule has 0 fully saturated rings. The van der Waals surface area contributed by atoms with Gasteiger partial charge in [0.1, 0.15) is 0 Å². The van der Waals surface area contributed by atoms with Crippen molar-refractivity contribution in [2.75, 3.05) is 0 Å². The fraction of sp³-hybridized carbons (Fsp3) is 0.538. The van der Waals surface area contributed by atoms with Crippen LogP contribution >= 0.6 is 0 Å². The first-order valence-corrected chi connectivity index (χ1v) is 5.61. The maximum absolute atomic E-state index is 4.67. The highest BCUT2D eigenvalue weighted by Crippen LogP contribution is 2.11. The van der Waals surface area contributed by atoms with Gasteiger partial charge in [0.2, 0.25) is 0 Å². The number of hydrogen-bond donors (Lipinski definition) is 0. The third-order valence-electron chi connectivity index (χ3n) is 2.90. The van der Waals surface area contributed by atoms with Gasteiger partial charge in [0, 0.05) is 6.20 Å². The average molecular weight is 204 g/mol. The first kappa shape index (κ1) is 11.9. The summed E-state index contributed by atoms with van der Waals surface area (Å²) in [7, 11) is 0. The molecule has 2 heteroatoms. The molecule has 15 heavy (non-hydrogen) atoms. The van der Waals surface area contributed by atoms with Gasteiger partial charge in [0.15, 0.2) is 0 Å². The van der Waals surface area contributed by atoms with Crippen LogP contribution in [0, 0.1) is 5.92 Å². The van der Waals surface area contributed by atoms with Crippen LogP contribution in [0.15, 0.2) is 29.4 Å². The Labute approximate surface area is 92.5 Å². The van der Waals surface area contributed by atoms with E-state index in [2.05, 4.69) is 30.7 Å². The fourth-order valence-corrected chi connectivity index (χ4v) is 1.42. The first-order valence-electron chi connectivity index (χ1n) is 5.61. The molecule has 0 bridgehead atoms. The molecule has 0 aliphatic rings. The summed E-state index contributed by atoms with van der Waals surface area (Å²) in [4.78, 5) is 8.96. The Bertz CT molecular complexity index is 317. The summed E-state index contributed by atoms with van der Waals surface area (Å²) in [6.07, 6.45) is 2.97. The van der Waals surface area contributed by atoms with Crippen LogP contribution in [0.5, 0.6) is 0 Å². The van der Waals surface area contributed by atoms with Crippen molar-refractivity contribution in [2.24, 2.45) is 10.9 Å². The lowest BCUT2D eigenvalue weighted by molar-refractivity contribution is 0.472. The Morgan fingerprint density at radius 3 is 2.67 bits per heavy atom. The summed E-state index contributed by atoms with van der Waals surface area (Å²) in [5.74, 6) is 0.628. The molecule has 1 rings (SSSR count). The molecule has 0 saturated heterocycles. The van der Waals surface area contributed by atoms with E-state index in [9.17, 15) is 0 Å². The van der Waals surface area contributed by atoms with Crippen molar-refractivity contribution in [2.45, 2.75) is 40.2 Å². The topological polar surface area (TPSA) is 25.2 Å². The number of hydrogen-bond acceptors (Lipinski definition) is 2. The standard InChI is InChI=1S/C13H20N2/c1-5-10(2)11(3)15-12(4)13-8-6-7-9-14-13/h6-11H,5H2,1-4H3. The molecule has 2 nitrogen and oxygen atoms in total. The van der Waals surface area contributed by atoms with E-state index >= 15 is 0 Å². The molecule has 1 aromatic rings. The molecule has 0 N–H and O–H groups in total. The molecule has 0 aliphatic carbocycles. The second-order valence-corrected chi connectivity index (χ2v) is 4.06. The van der Waals surface area contributed by atoms with Gasteiger partial charge in [-0.15, -0.1) is 0 Å². The van der Waals surface area contributed by atoms with Crippen molar-refractivity contribution in [3.05, 3.63) is 30.1 Å². The van der Waals surface area contributed by atoms with E-state index in [1.165, 1.54) is 6.42 Å². The van der Waals surface area contributed by atoms with E-state index in [4.69, 9.17) is 0 Å². The molecule has 0 aliphatic heterocycles. The monoisotopic (exact) mass is 204 g/mol. The van der Waals surface area contributed by atoms with Crippen molar-refractivity contribution >= 4 is 5.71 Å². The number of rotatable bonds is 4. The fourth-order valence-electron chi connectivity index (χ4n) is 1.42. The summed E-state index contributed by atoms with van der Waals surface area (Å²) in [6.45, 7) is 8.63. The highest BCUT2D eigenvalue weighted by Gasteiger charge is 2.09. The summed E-state index contributed by atoms with van der Waals surface area (Å²) in [5, 5.41) is 0. The normalized spacial score (nSPS) is 16.1. The molecule has 2 unspecified atom stereocenters. The second-order valence-electron chi connectivity index (χ2n) is 4.06. The van der Waals surface area contributed by atoms with Gasteiger partial charge in [0.25, 0.3) is 0 Å². The van der Waals surface area contributed by atoms with Crippen LogP contribution in [-0.2, 0) is 0 Å². The first-order chi connectivity index (χ1) is 7.15. The maximum atomic E-state index is 4.67. The molecule has 0 spiro atoms. The number of pyridine rings is 1. The van der Waals surface area contributed by atoms with E-state index in [1.807, 2.05) is 31.3 Å². The molecule has 0 saturated carbocycles. The van der Waals surface area contributed by atoms with Gasteiger partial charge in [-0.1, -0.05) is 26.3 Å². The lowest BCUT2D eigenvalue weighted by Gasteiger charge is -2.14. The molecule has 0 aromatic carbocycles. The Kier molecular flexibility index (Phi) is 4.47. The SMILES string of the molecule is CCC(C)C(C)N=C(C)c1ccccn1. The van der Waals surface area contributed by atoms with Crippen molar-refractivity contribution in [1.82, 2.24) is 4.98 Å². The summed E-state index contributed by atoms with van der Waals surface area (Å²) >= 11 is 0. The van der Waals surface area contributed by atoms with Crippen molar-refractivity contribution in [3.63, 3.8) is 0 Å². The smallest absolute Gasteiger partial charge is 0.0837 e. The molecule has 1 aromatic heterocycles. The van der Waals surface area contributed by atoms with Crippen LogP contribution in [0.3, 0.4) is 0 Å². The predicted molar refractivity (Wildman–Crippen MR) is 65.4 cm³/mol. The maximum Gasteiger partial charge on any atom is 0.0837 e. The highest BCUT2D eigenvalue weighted by molar-refractivity contribution is 5.96. The molecule has 82 valence electrons. The van der Waals surface area contributed by atoms with Gasteiger partial charge in [-0.05, 0) is 31.9 Å². The van der Waals surface area contributed by atoms with Gasteiger partial charge in [0.05, 0.1) is 17.4 Å². The van der Waals surface area contributed by atoms with E-state index in [0.717, 1.165) is 11.4 Å². The number of aromatic nitrogens is 1. The minimum absolute atomic E-state index is 0.372. The molecule has 0 amide bonds. The summed E-state index contributed by atoms with van der Waals surface area (Å²) in [6, 6.07) is 6.30. The van der Waals surface area contributed by atoms with Gasteiger partial charge in [-0.25, -0.2) is 0 Å². The minimum atomic E-state index is 0.372. The molecule has 1 heterocycles. The molecular weight excluding hydrogens is 184 g/mol. The van der Waals surface area contributed by atoms with Crippen molar-refractivity contribution in [1.29, 1.82) is 0 Å². The number of aliphatic imine (C=N–C) groups is 1. The van der Waals surface area contributed by atoms with E-state index < -0.39 is 0 Å².